The Morgan fingerprint density at radius 3 is 1.92 bits per heavy atom. The predicted octanol–water partition coefficient (Wildman–Crippen LogP) is 8.27. The van der Waals surface area contributed by atoms with Crippen LogP contribution in [0.4, 0.5) is 0 Å². The minimum absolute atomic E-state index is 0.204. The molecule has 1 unspecified atom stereocenters. The van der Waals surface area contributed by atoms with Crippen molar-refractivity contribution in [2.45, 2.75) is 97.7 Å². The highest BCUT2D eigenvalue weighted by Gasteiger charge is 2.19. The number of aryl methyl sites for hydroxylation is 3. The summed E-state index contributed by atoms with van der Waals surface area (Å²) in [5, 5.41) is 20.1. The zero-order valence-electron chi connectivity index (χ0n) is 31.3. The highest BCUT2D eigenvalue weighted by molar-refractivity contribution is 5.86. The van der Waals surface area contributed by atoms with E-state index in [2.05, 4.69) is 18.7 Å². The van der Waals surface area contributed by atoms with Crippen molar-refractivity contribution in [1.82, 2.24) is 0 Å². The number of unbranched alkanes of at least 4 members (excludes halogenated alkanes) is 4. The van der Waals surface area contributed by atoms with Crippen LogP contribution >= 0.6 is 0 Å². The third-order valence-electron chi connectivity index (χ3n) is 8.37. The van der Waals surface area contributed by atoms with Crippen molar-refractivity contribution < 1.29 is 43.5 Å². The normalized spacial score (nSPS) is 11.6. The van der Waals surface area contributed by atoms with E-state index in [0.717, 1.165) is 67.6 Å². The Morgan fingerprint density at radius 2 is 1.31 bits per heavy atom. The number of carbonyl (C=O) groups is 2. The Kier molecular flexibility index (Phi) is 19.4. The van der Waals surface area contributed by atoms with Crippen LogP contribution in [0, 0.1) is 5.92 Å². The lowest BCUT2D eigenvalue weighted by molar-refractivity contribution is -0.147. The molecule has 0 saturated heterocycles. The predicted molar refractivity (Wildman–Crippen MR) is 203 cm³/mol. The van der Waals surface area contributed by atoms with Crippen LogP contribution in [0.1, 0.15) is 101 Å². The second-order valence-corrected chi connectivity index (χ2v) is 13.3. The van der Waals surface area contributed by atoms with Crippen molar-refractivity contribution in [2.75, 3.05) is 33.0 Å². The third kappa shape index (κ3) is 15.9. The summed E-state index contributed by atoms with van der Waals surface area (Å²) < 4.78 is 29.0. The van der Waals surface area contributed by atoms with Gasteiger partial charge in [0.15, 0.2) is 0 Å². The molecule has 0 aliphatic rings. The number of aliphatic hydroxyl groups excluding tert-OH is 2. The van der Waals surface area contributed by atoms with Crippen LogP contribution in [-0.2, 0) is 38.3 Å². The molecule has 0 amide bonds. The fourth-order valence-corrected chi connectivity index (χ4v) is 5.44. The molecular formula is C43H58O9. The van der Waals surface area contributed by atoms with E-state index in [0.29, 0.717) is 55.8 Å². The van der Waals surface area contributed by atoms with Gasteiger partial charge >= 0.3 is 11.9 Å². The maximum absolute atomic E-state index is 12.1. The fourth-order valence-electron chi connectivity index (χ4n) is 5.44. The van der Waals surface area contributed by atoms with Gasteiger partial charge in [0.25, 0.3) is 0 Å². The number of hydrogen-bond acceptors (Lipinski definition) is 9. The topological polar surface area (TPSA) is 121 Å². The Hall–Kier alpha value is -4.34. The van der Waals surface area contributed by atoms with Gasteiger partial charge in [0, 0.05) is 17.7 Å². The first-order valence-corrected chi connectivity index (χ1v) is 18.7. The molecule has 0 aliphatic carbocycles. The van der Waals surface area contributed by atoms with Gasteiger partial charge in [-0.15, -0.1) is 0 Å². The second kappa shape index (κ2) is 24.0. The lowest BCUT2D eigenvalue weighted by atomic mass is 9.97. The number of rotatable bonds is 26. The molecule has 0 aromatic heterocycles. The molecule has 1 atom stereocenters. The number of ether oxygens (including phenoxy) is 5. The molecule has 2 N–H and O–H groups in total. The third-order valence-corrected chi connectivity index (χ3v) is 8.37. The van der Waals surface area contributed by atoms with Crippen LogP contribution in [0.25, 0.3) is 0 Å². The van der Waals surface area contributed by atoms with Crippen LogP contribution in [0.2, 0.25) is 0 Å². The van der Waals surface area contributed by atoms with Gasteiger partial charge in [-0.3, -0.25) is 4.79 Å². The minimum atomic E-state index is -1.22. The molecule has 0 spiro atoms. The van der Waals surface area contributed by atoms with Crippen LogP contribution in [-0.4, -0.2) is 55.2 Å². The number of carbonyl (C=O) groups excluding carboxylic acids is 2. The smallest absolute Gasteiger partial charge is 0.333 e. The van der Waals surface area contributed by atoms with Gasteiger partial charge in [0.2, 0.25) is 6.29 Å². The molecule has 0 bridgehead atoms. The van der Waals surface area contributed by atoms with Crippen LogP contribution < -0.4 is 14.2 Å². The molecule has 0 heterocycles. The van der Waals surface area contributed by atoms with Crippen molar-refractivity contribution in [3.8, 4) is 17.2 Å². The van der Waals surface area contributed by atoms with Crippen LogP contribution in [0.15, 0.2) is 78.9 Å². The van der Waals surface area contributed by atoms with Gasteiger partial charge in [-0.25, -0.2) is 4.79 Å². The second-order valence-electron chi connectivity index (χ2n) is 13.3. The standard InChI is InChI=1S/C43H58O9/c1-32(2)41(45)50-28-14-17-35-30-37(43(47)52-39-19-9-5-10-20-39)31-36(18-15-29-51-42(46)33(3)4)40(35)49-27-12-6-8-16-34-21-23-38(24-22-34)48-26-13-7-11-25-44/h5,9-10,19-24,30-31,33,43-44,47H,1,6-8,11-18,25-29H2,2-4H3. The average molecular weight is 719 g/mol. The quantitative estimate of drug-likeness (QED) is 0.0366. The highest BCUT2D eigenvalue weighted by Crippen LogP contribution is 2.32. The number of hydrogen-bond donors (Lipinski definition) is 2. The van der Waals surface area contributed by atoms with E-state index in [-0.39, 0.29) is 31.7 Å². The minimum Gasteiger partial charge on any atom is -0.494 e. The molecule has 0 aliphatic heterocycles. The molecule has 0 fully saturated rings. The molecule has 52 heavy (non-hydrogen) atoms. The molecular weight excluding hydrogens is 660 g/mol. The maximum atomic E-state index is 12.1. The molecule has 3 aromatic carbocycles. The fraction of sp³-hybridized carbons (Fsp3) is 0.488. The van der Waals surface area contributed by atoms with Crippen molar-refractivity contribution in [1.29, 1.82) is 0 Å². The van der Waals surface area contributed by atoms with Crippen molar-refractivity contribution in [3.63, 3.8) is 0 Å². The summed E-state index contributed by atoms with van der Waals surface area (Å²) in [4.78, 5) is 24.1. The van der Waals surface area contributed by atoms with Crippen molar-refractivity contribution >= 4 is 11.9 Å². The summed E-state index contributed by atoms with van der Waals surface area (Å²) in [6.07, 6.45) is 7.53. The van der Waals surface area contributed by atoms with E-state index >= 15 is 0 Å². The lowest BCUT2D eigenvalue weighted by Crippen LogP contribution is -2.14. The summed E-state index contributed by atoms with van der Waals surface area (Å²) in [6.45, 7) is 10.8. The SMILES string of the molecule is C=C(C)C(=O)OCCCc1cc(C(O)Oc2ccccc2)cc(CCCOC(=O)C(C)C)c1OCCCCCc1ccc(OCCCCCO)cc1. The first-order chi connectivity index (χ1) is 25.2. The molecule has 3 rings (SSSR count). The van der Waals surface area contributed by atoms with E-state index in [4.69, 9.17) is 28.8 Å². The summed E-state index contributed by atoms with van der Waals surface area (Å²) in [7, 11) is 0. The first-order valence-electron chi connectivity index (χ1n) is 18.7. The Morgan fingerprint density at radius 1 is 0.692 bits per heavy atom. The Balaban J connectivity index is 1.67. The van der Waals surface area contributed by atoms with Gasteiger partial charge in [-0.1, -0.05) is 50.8 Å². The van der Waals surface area contributed by atoms with E-state index in [1.807, 2.05) is 56.3 Å². The molecule has 9 heteroatoms. The van der Waals surface area contributed by atoms with Crippen molar-refractivity contribution in [2.24, 2.45) is 5.92 Å². The van der Waals surface area contributed by atoms with Gasteiger partial charge < -0.3 is 33.9 Å². The number of aliphatic hydroxyl groups is 2. The zero-order chi connectivity index (χ0) is 37.6. The number of para-hydroxylation sites is 1. The average Bonchev–Trinajstić information content (AvgIpc) is 3.14. The summed E-state index contributed by atoms with van der Waals surface area (Å²) in [6, 6.07) is 21.2. The van der Waals surface area contributed by atoms with Gasteiger partial charge in [-0.2, -0.15) is 0 Å². The Labute approximate surface area is 309 Å². The largest absolute Gasteiger partial charge is 0.494 e. The van der Waals surface area contributed by atoms with E-state index in [9.17, 15) is 14.7 Å². The zero-order valence-corrected chi connectivity index (χ0v) is 31.3. The summed E-state index contributed by atoms with van der Waals surface area (Å²) in [5.41, 5.74) is 3.95. The molecule has 9 nitrogen and oxygen atoms in total. The van der Waals surface area contributed by atoms with Crippen LogP contribution in [0.3, 0.4) is 0 Å². The van der Waals surface area contributed by atoms with E-state index < -0.39 is 12.3 Å². The number of benzene rings is 3. The lowest BCUT2D eigenvalue weighted by Gasteiger charge is -2.21. The Bertz CT molecular complexity index is 1480. The van der Waals surface area contributed by atoms with Gasteiger partial charge in [-0.05, 0) is 131 Å². The summed E-state index contributed by atoms with van der Waals surface area (Å²) in [5.74, 6) is 1.28. The number of esters is 2. The van der Waals surface area contributed by atoms with E-state index in [1.54, 1.807) is 19.1 Å². The highest BCUT2D eigenvalue weighted by atomic mass is 16.6. The van der Waals surface area contributed by atoms with Gasteiger partial charge in [0.1, 0.15) is 17.2 Å². The molecule has 0 saturated carbocycles. The van der Waals surface area contributed by atoms with E-state index in [1.165, 1.54) is 5.56 Å². The van der Waals surface area contributed by atoms with Crippen LogP contribution in [0.5, 0.6) is 17.2 Å². The summed E-state index contributed by atoms with van der Waals surface area (Å²) >= 11 is 0. The monoisotopic (exact) mass is 718 g/mol. The van der Waals surface area contributed by atoms with Gasteiger partial charge in [0.05, 0.1) is 32.3 Å². The molecule has 0 radical (unpaired) electrons. The first kappa shape index (κ1) is 42.1. The van der Waals surface area contributed by atoms with Crippen molar-refractivity contribution in [3.05, 3.63) is 101 Å². The molecule has 3 aromatic rings. The maximum Gasteiger partial charge on any atom is 0.333 e. The molecule has 284 valence electrons.